The van der Waals surface area contributed by atoms with Crippen molar-refractivity contribution in [2.24, 2.45) is 0 Å². The topological polar surface area (TPSA) is 55.1 Å². The Bertz CT molecular complexity index is 307. The molecule has 3 heteroatoms. The number of benzene rings is 1. The van der Waals surface area contributed by atoms with Crippen LogP contribution < -0.4 is 11.1 Å². The fourth-order valence-corrected chi connectivity index (χ4v) is 1.03. The zero-order valence-electron chi connectivity index (χ0n) is 7.22. The van der Waals surface area contributed by atoms with Crippen LogP contribution in [0.2, 0.25) is 0 Å². The Morgan fingerprint density at radius 3 is 2.75 bits per heavy atom. The smallest absolute Gasteiger partial charge is 0.251 e. The van der Waals surface area contributed by atoms with E-state index in [9.17, 15) is 4.79 Å². The summed E-state index contributed by atoms with van der Waals surface area (Å²) in [5.41, 5.74) is 7.75. The zero-order chi connectivity index (χ0) is 9.14. The van der Waals surface area contributed by atoms with E-state index in [1.54, 1.807) is 25.2 Å². The second kappa shape index (κ2) is 3.26. The van der Waals surface area contributed by atoms with Crippen LogP contribution in [0.4, 0.5) is 5.69 Å². The monoisotopic (exact) mass is 164 g/mol. The highest BCUT2D eigenvalue weighted by Gasteiger charge is 2.07. The standard InChI is InChI=1S/C9H12N2O/c1-6-7(9(12)11-2)4-3-5-8(6)10/h3-5H,10H2,1-2H3,(H,11,12). The maximum absolute atomic E-state index is 11.2. The van der Waals surface area contributed by atoms with Gasteiger partial charge in [0.05, 0.1) is 0 Å². The molecule has 0 saturated carbocycles. The van der Waals surface area contributed by atoms with Crippen LogP contribution in [0.25, 0.3) is 0 Å². The molecule has 0 spiro atoms. The van der Waals surface area contributed by atoms with Gasteiger partial charge in [0.1, 0.15) is 0 Å². The van der Waals surface area contributed by atoms with E-state index in [-0.39, 0.29) is 5.91 Å². The molecule has 1 rings (SSSR count). The third-order valence-corrected chi connectivity index (χ3v) is 1.85. The van der Waals surface area contributed by atoms with E-state index in [1.165, 1.54) is 0 Å². The van der Waals surface area contributed by atoms with Gasteiger partial charge in [-0.2, -0.15) is 0 Å². The Hall–Kier alpha value is -1.51. The molecule has 0 aliphatic rings. The summed E-state index contributed by atoms with van der Waals surface area (Å²) < 4.78 is 0. The van der Waals surface area contributed by atoms with E-state index in [2.05, 4.69) is 5.32 Å². The summed E-state index contributed by atoms with van der Waals surface area (Å²) in [4.78, 5) is 11.2. The molecule has 0 aliphatic heterocycles. The second-order valence-corrected chi connectivity index (χ2v) is 2.60. The molecule has 3 N–H and O–H groups in total. The Morgan fingerprint density at radius 2 is 2.17 bits per heavy atom. The van der Waals surface area contributed by atoms with Gasteiger partial charge in [-0.15, -0.1) is 0 Å². The van der Waals surface area contributed by atoms with Crippen LogP contribution in [0.15, 0.2) is 18.2 Å². The Morgan fingerprint density at radius 1 is 1.50 bits per heavy atom. The lowest BCUT2D eigenvalue weighted by Gasteiger charge is -2.05. The van der Waals surface area contributed by atoms with Crippen molar-refractivity contribution in [2.45, 2.75) is 6.92 Å². The summed E-state index contributed by atoms with van der Waals surface area (Å²) in [7, 11) is 1.60. The molecule has 1 amide bonds. The number of amides is 1. The molecule has 1 aromatic rings. The van der Waals surface area contributed by atoms with Crippen molar-refractivity contribution in [2.75, 3.05) is 12.8 Å². The fraction of sp³-hybridized carbons (Fsp3) is 0.222. The van der Waals surface area contributed by atoms with Gasteiger partial charge in [0.15, 0.2) is 0 Å². The average molecular weight is 164 g/mol. The largest absolute Gasteiger partial charge is 0.398 e. The molecule has 0 aromatic heterocycles. The van der Waals surface area contributed by atoms with Crippen LogP contribution >= 0.6 is 0 Å². The lowest BCUT2D eigenvalue weighted by molar-refractivity contribution is 0.0962. The highest BCUT2D eigenvalue weighted by Crippen LogP contribution is 2.14. The summed E-state index contributed by atoms with van der Waals surface area (Å²) in [5, 5.41) is 2.55. The third kappa shape index (κ3) is 1.39. The predicted octanol–water partition coefficient (Wildman–Crippen LogP) is 0.937. The molecule has 0 heterocycles. The molecule has 12 heavy (non-hydrogen) atoms. The van der Waals surface area contributed by atoms with E-state index in [0.717, 1.165) is 5.56 Å². The minimum Gasteiger partial charge on any atom is -0.398 e. The maximum atomic E-state index is 11.2. The maximum Gasteiger partial charge on any atom is 0.251 e. The van der Waals surface area contributed by atoms with E-state index in [0.29, 0.717) is 11.3 Å². The van der Waals surface area contributed by atoms with E-state index >= 15 is 0 Å². The first-order chi connectivity index (χ1) is 5.66. The van der Waals surface area contributed by atoms with Crippen molar-refractivity contribution < 1.29 is 4.79 Å². The van der Waals surface area contributed by atoms with Crippen molar-refractivity contribution in [3.8, 4) is 0 Å². The number of hydrogen-bond donors (Lipinski definition) is 2. The minimum absolute atomic E-state index is 0.0974. The van der Waals surface area contributed by atoms with Gasteiger partial charge in [0.2, 0.25) is 0 Å². The van der Waals surface area contributed by atoms with Crippen molar-refractivity contribution >= 4 is 11.6 Å². The summed E-state index contributed by atoms with van der Waals surface area (Å²) in [6.07, 6.45) is 0. The normalized spacial score (nSPS) is 9.50. The lowest BCUT2D eigenvalue weighted by atomic mass is 10.1. The number of carbonyl (C=O) groups is 1. The molecule has 0 saturated heterocycles. The molecule has 0 atom stereocenters. The lowest BCUT2D eigenvalue weighted by Crippen LogP contribution is -2.19. The van der Waals surface area contributed by atoms with Crippen LogP contribution in [-0.4, -0.2) is 13.0 Å². The summed E-state index contributed by atoms with van der Waals surface area (Å²) in [6.45, 7) is 1.83. The van der Waals surface area contributed by atoms with E-state index in [1.807, 2.05) is 6.92 Å². The molecule has 3 nitrogen and oxygen atoms in total. The first-order valence-electron chi connectivity index (χ1n) is 3.74. The molecular formula is C9H12N2O. The summed E-state index contributed by atoms with van der Waals surface area (Å²) >= 11 is 0. The second-order valence-electron chi connectivity index (χ2n) is 2.60. The quantitative estimate of drug-likeness (QED) is 0.607. The van der Waals surface area contributed by atoms with Gasteiger partial charge in [0, 0.05) is 18.3 Å². The van der Waals surface area contributed by atoms with Gasteiger partial charge in [-0.25, -0.2) is 0 Å². The molecule has 0 bridgehead atoms. The number of anilines is 1. The van der Waals surface area contributed by atoms with Crippen molar-refractivity contribution in [1.29, 1.82) is 0 Å². The number of nitrogens with two attached hydrogens (primary N) is 1. The molecule has 0 unspecified atom stereocenters. The van der Waals surface area contributed by atoms with Crippen LogP contribution in [0.3, 0.4) is 0 Å². The average Bonchev–Trinajstić information content (AvgIpc) is 2.08. The third-order valence-electron chi connectivity index (χ3n) is 1.85. The van der Waals surface area contributed by atoms with Crippen LogP contribution in [0.5, 0.6) is 0 Å². The van der Waals surface area contributed by atoms with E-state index < -0.39 is 0 Å². The van der Waals surface area contributed by atoms with Crippen LogP contribution in [0, 0.1) is 6.92 Å². The minimum atomic E-state index is -0.0974. The van der Waals surface area contributed by atoms with Gasteiger partial charge < -0.3 is 11.1 Å². The summed E-state index contributed by atoms with van der Waals surface area (Å²) in [5.74, 6) is -0.0974. The van der Waals surface area contributed by atoms with Gasteiger partial charge in [-0.05, 0) is 24.6 Å². The van der Waals surface area contributed by atoms with Gasteiger partial charge in [0.25, 0.3) is 5.91 Å². The predicted molar refractivity (Wildman–Crippen MR) is 49.0 cm³/mol. The van der Waals surface area contributed by atoms with Gasteiger partial charge in [-0.3, -0.25) is 4.79 Å². The Labute approximate surface area is 71.6 Å². The van der Waals surface area contributed by atoms with Crippen LogP contribution in [-0.2, 0) is 0 Å². The Balaban J connectivity index is 3.16. The molecule has 0 fully saturated rings. The van der Waals surface area contributed by atoms with Crippen LogP contribution in [0.1, 0.15) is 15.9 Å². The van der Waals surface area contributed by atoms with Gasteiger partial charge in [-0.1, -0.05) is 6.07 Å². The molecule has 64 valence electrons. The summed E-state index contributed by atoms with van der Waals surface area (Å²) in [6, 6.07) is 5.30. The highest BCUT2D eigenvalue weighted by molar-refractivity contribution is 5.96. The first-order valence-corrected chi connectivity index (χ1v) is 3.74. The Kier molecular flexibility index (Phi) is 2.33. The molecule has 0 aliphatic carbocycles. The number of nitrogen functional groups attached to an aromatic ring is 1. The number of carbonyl (C=O) groups excluding carboxylic acids is 1. The SMILES string of the molecule is CNC(=O)c1cccc(N)c1C. The number of nitrogens with one attached hydrogen (secondary N) is 1. The molecular weight excluding hydrogens is 152 g/mol. The zero-order valence-corrected chi connectivity index (χ0v) is 7.22. The number of rotatable bonds is 1. The van der Waals surface area contributed by atoms with Crippen molar-refractivity contribution in [3.05, 3.63) is 29.3 Å². The van der Waals surface area contributed by atoms with Crippen molar-refractivity contribution in [1.82, 2.24) is 5.32 Å². The molecule has 1 aromatic carbocycles. The van der Waals surface area contributed by atoms with Crippen molar-refractivity contribution in [3.63, 3.8) is 0 Å². The fourth-order valence-electron chi connectivity index (χ4n) is 1.03. The molecule has 0 radical (unpaired) electrons. The highest BCUT2D eigenvalue weighted by atomic mass is 16.1. The number of hydrogen-bond acceptors (Lipinski definition) is 2. The first kappa shape index (κ1) is 8.59. The van der Waals surface area contributed by atoms with E-state index in [4.69, 9.17) is 5.73 Å². The van der Waals surface area contributed by atoms with Gasteiger partial charge >= 0.3 is 0 Å².